The summed E-state index contributed by atoms with van der Waals surface area (Å²) in [6, 6.07) is 5.46. The van der Waals surface area contributed by atoms with Crippen molar-refractivity contribution < 1.29 is 19.0 Å². The van der Waals surface area contributed by atoms with E-state index >= 15 is 0 Å². The Labute approximate surface area is 133 Å². The lowest BCUT2D eigenvalue weighted by molar-refractivity contribution is 0.284. The molecule has 22 heavy (non-hydrogen) atoms. The van der Waals surface area contributed by atoms with Crippen LogP contribution in [-0.4, -0.2) is 41.9 Å². The zero-order valence-corrected chi connectivity index (χ0v) is 13.6. The second kappa shape index (κ2) is 8.65. The van der Waals surface area contributed by atoms with E-state index in [4.69, 9.17) is 19.0 Å². The molecule has 0 spiro atoms. The minimum atomic E-state index is 0.245. The van der Waals surface area contributed by atoms with Gasteiger partial charge in [0.2, 0.25) is 5.89 Å². The van der Waals surface area contributed by atoms with E-state index < -0.39 is 0 Å². The van der Waals surface area contributed by atoms with Crippen LogP contribution in [0.15, 0.2) is 27.8 Å². The first-order chi connectivity index (χ1) is 10.8. The van der Waals surface area contributed by atoms with Gasteiger partial charge in [0, 0.05) is 17.9 Å². The number of methoxy groups -OCH3 is 2. The number of rotatable bonds is 9. The average Bonchev–Trinajstić information content (AvgIpc) is 3.03. The van der Waals surface area contributed by atoms with Gasteiger partial charge in [-0.3, -0.25) is 0 Å². The number of ether oxygens (including phenoxy) is 2. The summed E-state index contributed by atoms with van der Waals surface area (Å²) in [5, 5.41) is 17.4. The smallest absolute Gasteiger partial charge is 0.276 e. The van der Waals surface area contributed by atoms with Crippen LogP contribution in [-0.2, 0) is 0 Å². The molecular formula is C15H20N2O4S. The molecular weight excluding hydrogens is 304 g/mol. The zero-order chi connectivity index (χ0) is 15.8. The fraction of sp³-hybridized carbons (Fsp3) is 0.467. The van der Waals surface area contributed by atoms with Crippen molar-refractivity contribution in [3.05, 3.63) is 18.2 Å². The predicted octanol–water partition coefficient (Wildman–Crippen LogP) is 3.01. The van der Waals surface area contributed by atoms with Crippen LogP contribution in [0.4, 0.5) is 0 Å². The van der Waals surface area contributed by atoms with Gasteiger partial charge in [-0.05, 0) is 31.0 Å². The van der Waals surface area contributed by atoms with Gasteiger partial charge in [-0.2, -0.15) is 0 Å². The van der Waals surface area contributed by atoms with E-state index in [0.29, 0.717) is 22.6 Å². The van der Waals surface area contributed by atoms with Gasteiger partial charge < -0.3 is 19.0 Å². The van der Waals surface area contributed by atoms with Crippen molar-refractivity contribution in [2.24, 2.45) is 0 Å². The van der Waals surface area contributed by atoms with Crippen molar-refractivity contribution >= 4 is 11.8 Å². The largest absolute Gasteiger partial charge is 0.493 e. The lowest BCUT2D eigenvalue weighted by Crippen LogP contribution is -1.90. The second-order valence-electron chi connectivity index (χ2n) is 4.58. The highest BCUT2D eigenvalue weighted by Gasteiger charge is 2.12. The summed E-state index contributed by atoms with van der Waals surface area (Å²) in [7, 11) is 3.18. The van der Waals surface area contributed by atoms with Crippen molar-refractivity contribution in [1.82, 2.24) is 10.2 Å². The fourth-order valence-corrected chi connectivity index (χ4v) is 2.66. The third-order valence-electron chi connectivity index (χ3n) is 3.06. The average molecular weight is 324 g/mol. The summed E-state index contributed by atoms with van der Waals surface area (Å²) in [5.74, 6) is 2.63. The van der Waals surface area contributed by atoms with Gasteiger partial charge in [0.15, 0.2) is 11.5 Å². The Hall–Kier alpha value is -1.73. The minimum Gasteiger partial charge on any atom is -0.493 e. The molecule has 0 unspecified atom stereocenters. The molecule has 2 rings (SSSR count). The number of hydrogen-bond acceptors (Lipinski definition) is 7. The SMILES string of the molecule is COc1ccc(-c2nnc(SCCCCCO)o2)cc1OC. The summed E-state index contributed by atoms with van der Waals surface area (Å²) in [6.45, 7) is 0.245. The van der Waals surface area contributed by atoms with E-state index in [1.54, 1.807) is 20.3 Å². The van der Waals surface area contributed by atoms with E-state index in [1.807, 2.05) is 12.1 Å². The Balaban J connectivity index is 1.99. The molecule has 0 aliphatic rings. The lowest BCUT2D eigenvalue weighted by Gasteiger charge is -2.07. The first-order valence-corrected chi connectivity index (χ1v) is 8.06. The minimum absolute atomic E-state index is 0.245. The monoisotopic (exact) mass is 324 g/mol. The fourth-order valence-electron chi connectivity index (χ4n) is 1.90. The number of benzene rings is 1. The number of aliphatic hydroxyl groups is 1. The Morgan fingerprint density at radius 1 is 1.09 bits per heavy atom. The summed E-state index contributed by atoms with van der Waals surface area (Å²) < 4.78 is 16.1. The third kappa shape index (κ3) is 4.38. The van der Waals surface area contributed by atoms with Crippen molar-refractivity contribution in [3.63, 3.8) is 0 Å². The topological polar surface area (TPSA) is 77.6 Å². The zero-order valence-electron chi connectivity index (χ0n) is 12.7. The van der Waals surface area contributed by atoms with Gasteiger partial charge in [0.25, 0.3) is 5.22 Å². The standard InChI is InChI=1S/C15H20N2O4S/c1-19-12-7-6-11(10-13(12)20-2)14-16-17-15(21-14)22-9-5-3-4-8-18/h6-7,10,18H,3-5,8-9H2,1-2H3. The van der Waals surface area contributed by atoms with Crippen LogP contribution in [0, 0.1) is 0 Å². The molecule has 6 nitrogen and oxygen atoms in total. The number of hydrogen-bond donors (Lipinski definition) is 1. The molecule has 1 N–H and O–H groups in total. The highest BCUT2D eigenvalue weighted by molar-refractivity contribution is 7.99. The Kier molecular flexibility index (Phi) is 6.54. The molecule has 120 valence electrons. The third-order valence-corrected chi connectivity index (χ3v) is 3.97. The van der Waals surface area contributed by atoms with Crippen molar-refractivity contribution in [1.29, 1.82) is 0 Å². The summed E-state index contributed by atoms with van der Waals surface area (Å²) in [4.78, 5) is 0. The van der Waals surface area contributed by atoms with Crippen LogP contribution in [0.5, 0.6) is 11.5 Å². The van der Waals surface area contributed by atoms with Gasteiger partial charge in [-0.25, -0.2) is 0 Å². The highest BCUT2D eigenvalue weighted by Crippen LogP contribution is 2.32. The van der Waals surface area contributed by atoms with Crippen LogP contribution in [0.25, 0.3) is 11.5 Å². The van der Waals surface area contributed by atoms with E-state index in [-0.39, 0.29) is 6.61 Å². The molecule has 0 bridgehead atoms. The van der Waals surface area contributed by atoms with Crippen molar-refractivity contribution in [2.75, 3.05) is 26.6 Å². The normalized spacial score (nSPS) is 10.7. The molecule has 0 saturated heterocycles. The van der Waals surface area contributed by atoms with Crippen LogP contribution in [0.3, 0.4) is 0 Å². The second-order valence-corrected chi connectivity index (χ2v) is 5.62. The lowest BCUT2D eigenvalue weighted by atomic mass is 10.2. The van der Waals surface area contributed by atoms with Crippen LogP contribution in [0.1, 0.15) is 19.3 Å². The van der Waals surface area contributed by atoms with E-state index in [9.17, 15) is 0 Å². The quantitative estimate of drug-likeness (QED) is 0.561. The van der Waals surface area contributed by atoms with Crippen molar-refractivity contribution in [2.45, 2.75) is 24.5 Å². The molecule has 0 aliphatic heterocycles. The Bertz CT molecular complexity index is 589. The van der Waals surface area contributed by atoms with Crippen LogP contribution < -0.4 is 9.47 Å². The molecule has 0 fully saturated rings. The van der Waals surface area contributed by atoms with E-state index in [1.165, 1.54) is 11.8 Å². The van der Waals surface area contributed by atoms with Gasteiger partial charge in [-0.1, -0.05) is 18.2 Å². The van der Waals surface area contributed by atoms with Crippen LogP contribution in [0.2, 0.25) is 0 Å². The highest BCUT2D eigenvalue weighted by atomic mass is 32.2. The molecule has 0 radical (unpaired) electrons. The van der Waals surface area contributed by atoms with Gasteiger partial charge in [0.05, 0.1) is 14.2 Å². The summed E-state index contributed by atoms with van der Waals surface area (Å²) in [5.41, 5.74) is 0.789. The number of nitrogens with zero attached hydrogens (tertiary/aromatic N) is 2. The van der Waals surface area contributed by atoms with E-state index in [2.05, 4.69) is 10.2 Å². The van der Waals surface area contributed by atoms with Gasteiger partial charge >= 0.3 is 0 Å². The van der Waals surface area contributed by atoms with E-state index in [0.717, 1.165) is 30.6 Å². The molecule has 0 atom stereocenters. The maximum Gasteiger partial charge on any atom is 0.276 e. The predicted molar refractivity (Wildman–Crippen MR) is 84.5 cm³/mol. The number of aliphatic hydroxyl groups excluding tert-OH is 1. The molecule has 0 amide bonds. The molecule has 1 heterocycles. The molecule has 1 aromatic heterocycles. The van der Waals surface area contributed by atoms with Crippen molar-refractivity contribution in [3.8, 4) is 23.0 Å². The number of unbranched alkanes of at least 4 members (excludes halogenated alkanes) is 2. The number of aromatic nitrogens is 2. The molecule has 1 aromatic carbocycles. The first kappa shape index (κ1) is 16.6. The molecule has 2 aromatic rings. The van der Waals surface area contributed by atoms with Gasteiger partial charge in [-0.15, -0.1) is 10.2 Å². The molecule has 0 saturated carbocycles. The summed E-state index contributed by atoms with van der Waals surface area (Å²) >= 11 is 1.53. The van der Waals surface area contributed by atoms with Crippen LogP contribution >= 0.6 is 11.8 Å². The Morgan fingerprint density at radius 2 is 1.91 bits per heavy atom. The molecule has 7 heteroatoms. The van der Waals surface area contributed by atoms with Gasteiger partial charge in [0.1, 0.15) is 0 Å². The first-order valence-electron chi connectivity index (χ1n) is 7.08. The maximum atomic E-state index is 8.73. The molecule has 0 aliphatic carbocycles. The number of thioether (sulfide) groups is 1. The summed E-state index contributed by atoms with van der Waals surface area (Å²) in [6.07, 6.45) is 2.85. The Morgan fingerprint density at radius 3 is 2.64 bits per heavy atom. The maximum absolute atomic E-state index is 8.73.